The van der Waals surface area contributed by atoms with Gasteiger partial charge in [-0.05, 0) is 58.0 Å². The standard InChI is InChI=1S/C23H30ClFN6O3/c1-30(2)16-10-31(11-16)23(34)20-19(26-12-27-20)22(33)28-15-6-3-13(4-7-15)21(32)29-18-8-5-14(25)9-17(18)24/h5,8-9,13,15-16,26-27H,3-4,6-7,10-12H2,1-2H3,(H,28,33)(H,29,32)/t13-,15-. The molecule has 0 unspecified atom stereocenters. The molecule has 1 aromatic carbocycles. The summed E-state index contributed by atoms with van der Waals surface area (Å²) in [7, 11) is 3.96. The molecule has 4 rings (SSSR count). The predicted molar refractivity (Wildman–Crippen MR) is 126 cm³/mol. The number of hydrogen-bond donors (Lipinski definition) is 4. The zero-order chi connectivity index (χ0) is 24.4. The fraction of sp³-hybridized carbons (Fsp3) is 0.522. The van der Waals surface area contributed by atoms with Crippen LogP contribution < -0.4 is 21.3 Å². The quantitative estimate of drug-likeness (QED) is 0.476. The zero-order valence-corrected chi connectivity index (χ0v) is 20.0. The van der Waals surface area contributed by atoms with Crippen LogP contribution in [0.1, 0.15) is 25.7 Å². The molecule has 11 heteroatoms. The van der Waals surface area contributed by atoms with Crippen molar-refractivity contribution in [3.63, 3.8) is 0 Å². The summed E-state index contributed by atoms with van der Waals surface area (Å²) in [5.74, 6) is -1.33. The molecule has 1 saturated carbocycles. The van der Waals surface area contributed by atoms with E-state index in [1.165, 1.54) is 12.1 Å². The van der Waals surface area contributed by atoms with Crippen LogP contribution in [0.4, 0.5) is 10.1 Å². The fourth-order valence-corrected chi connectivity index (χ4v) is 4.68. The van der Waals surface area contributed by atoms with Crippen molar-refractivity contribution < 1.29 is 18.8 Å². The second kappa shape index (κ2) is 10.2. The molecular formula is C23H30ClFN6O3. The molecule has 0 atom stereocenters. The van der Waals surface area contributed by atoms with Crippen molar-refractivity contribution in [3.8, 4) is 0 Å². The maximum Gasteiger partial charge on any atom is 0.272 e. The highest BCUT2D eigenvalue weighted by Gasteiger charge is 2.37. The fourth-order valence-electron chi connectivity index (χ4n) is 4.46. The first-order chi connectivity index (χ1) is 16.2. The largest absolute Gasteiger partial charge is 0.362 e. The molecular weight excluding hydrogens is 463 g/mol. The average molecular weight is 493 g/mol. The number of benzene rings is 1. The number of carbonyl (C=O) groups excluding carboxylic acids is 3. The number of likely N-dealkylation sites (N-methyl/N-ethyl adjacent to an activating group) is 1. The van der Waals surface area contributed by atoms with Crippen LogP contribution in [0.15, 0.2) is 29.6 Å². The Morgan fingerprint density at radius 1 is 1.09 bits per heavy atom. The van der Waals surface area contributed by atoms with E-state index >= 15 is 0 Å². The zero-order valence-electron chi connectivity index (χ0n) is 19.3. The van der Waals surface area contributed by atoms with Gasteiger partial charge in [-0.25, -0.2) is 4.39 Å². The third-order valence-electron chi connectivity index (χ3n) is 6.72. The molecule has 0 radical (unpaired) electrons. The van der Waals surface area contributed by atoms with Crippen LogP contribution in [0.5, 0.6) is 0 Å². The minimum atomic E-state index is -0.464. The van der Waals surface area contributed by atoms with Gasteiger partial charge in [0.2, 0.25) is 5.91 Å². The second-order valence-corrected chi connectivity index (χ2v) is 9.65. The van der Waals surface area contributed by atoms with E-state index in [2.05, 4.69) is 26.2 Å². The summed E-state index contributed by atoms with van der Waals surface area (Å²) in [6.45, 7) is 1.61. The number of carbonyl (C=O) groups is 3. The van der Waals surface area contributed by atoms with Gasteiger partial charge in [0.1, 0.15) is 17.2 Å². The Balaban J connectivity index is 1.28. The number of anilines is 1. The van der Waals surface area contributed by atoms with Gasteiger partial charge in [-0.3, -0.25) is 14.4 Å². The van der Waals surface area contributed by atoms with Crippen LogP contribution in [-0.2, 0) is 14.4 Å². The molecule has 1 aliphatic carbocycles. The van der Waals surface area contributed by atoms with Gasteiger partial charge in [-0.15, -0.1) is 0 Å². The predicted octanol–water partition coefficient (Wildman–Crippen LogP) is 1.23. The monoisotopic (exact) mass is 492 g/mol. The molecule has 2 fully saturated rings. The highest BCUT2D eigenvalue weighted by molar-refractivity contribution is 6.33. The number of nitrogens with one attached hydrogen (secondary N) is 4. The Morgan fingerprint density at radius 3 is 2.41 bits per heavy atom. The molecule has 3 aliphatic rings. The van der Waals surface area contributed by atoms with Crippen molar-refractivity contribution in [2.75, 3.05) is 39.2 Å². The highest BCUT2D eigenvalue weighted by atomic mass is 35.5. The molecule has 4 N–H and O–H groups in total. The van der Waals surface area contributed by atoms with Crippen molar-refractivity contribution >= 4 is 35.0 Å². The van der Waals surface area contributed by atoms with E-state index in [-0.39, 0.29) is 40.4 Å². The van der Waals surface area contributed by atoms with Crippen LogP contribution in [0, 0.1) is 11.7 Å². The topological polar surface area (TPSA) is 106 Å². The van der Waals surface area contributed by atoms with Crippen molar-refractivity contribution in [3.05, 3.63) is 40.4 Å². The van der Waals surface area contributed by atoms with Gasteiger partial charge in [0.25, 0.3) is 11.8 Å². The number of amides is 3. The van der Waals surface area contributed by atoms with Gasteiger partial charge in [0.15, 0.2) is 0 Å². The summed E-state index contributed by atoms with van der Waals surface area (Å²) in [5.41, 5.74) is 0.953. The summed E-state index contributed by atoms with van der Waals surface area (Å²) in [6, 6.07) is 4.10. The lowest BCUT2D eigenvalue weighted by Gasteiger charge is -2.42. The molecule has 1 saturated heterocycles. The van der Waals surface area contributed by atoms with Gasteiger partial charge in [0.05, 0.1) is 17.4 Å². The first-order valence-electron chi connectivity index (χ1n) is 11.5. The van der Waals surface area contributed by atoms with Gasteiger partial charge in [-0.1, -0.05) is 11.6 Å². The Hall–Kier alpha value is -2.85. The molecule has 184 valence electrons. The third kappa shape index (κ3) is 5.28. The van der Waals surface area contributed by atoms with Crippen LogP contribution in [0.3, 0.4) is 0 Å². The van der Waals surface area contributed by atoms with Crippen LogP contribution in [0.25, 0.3) is 0 Å². The molecule has 9 nitrogen and oxygen atoms in total. The summed E-state index contributed by atoms with van der Waals surface area (Å²) < 4.78 is 13.2. The lowest BCUT2D eigenvalue weighted by atomic mass is 9.85. The summed E-state index contributed by atoms with van der Waals surface area (Å²) in [4.78, 5) is 42.1. The second-order valence-electron chi connectivity index (χ2n) is 9.24. The maximum atomic E-state index is 13.2. The van der Waals surface area contributed by atoms with Gasteiger partial charge >= 0.3 is 0 Å². The number of likely N-dealkylation sites (tertiary alicyclic amines) is 1. The maximum absolute atomic E-state index is 13.2. The number of nitrogens with zero attached hydrogens (tertiary/aromatic N) is 2. The lowest BCUT2D eigenvalue weighted by Crippen LogP contribution is -2.60. The van der Waals surface area contributed by atoms with E-state index in [0.29, 0.717) is 62.9 Å². The third-order valence-corrected chi connectivity index (χ3v) is 7.04. The minimum Gasteiger partial charge on any atom is -0.362 e. The van der Waals surface area contributed by atoms with Gasteiger partial charge in [-0.2, -0.15) is 0 Å². The number of rotatable bonds is 6. The van der Waals surface area contributed by atoms with Crippen LogP contribution in [0.2, 0.25) is 5.02 Å². The Bertz CT molecular complexity index is 1000. The highest BCUT2D eigenvalue weighted by Crippen LogP contribution is 2.28. The normalized spacial score (nSPS) is 22.7. The van der Waals surface area contributed by atoms with Gasteiger partial charge < -0.3 is 31.1 Å². The molecule has 0 bridgehead atoms. The van der Waals surface area contributed by atoms with E-state index in [0.717, 1.165) is 6.07 Å². The van der Waals surface area contributed by atoms with Crippen LogP contribution in [-0.4, -0.2) is 73.5 Å². The molecule has 34 heavy (non-hydrogen) atoms. The average Bonchev–Trinajstić information content (AvgIpc) is 3.25. The lowest BCUT2D eigenvalue weighted by molar-refractivity contribution is -0.134. The molecule has 0 aromatic heterocycles. The van der Waals surface area contributed by atoms with E-state index in [1.807, 2.05) is 14.1 Å². The molecule has 3 amide bonds. The first kappa shape index (κ1) is 24.3. The SMILES string of the molecule is CN(C)C1CN(C(=O)C2=C(C(=O)N[C@H]3CC[C@H](C(=O)Nc4ccc(F)cc4Cl)CC3)NCN2)C1. The van der Waals surface area contributed by atoms with E-state index < -0.39 is 5.82 Å². The van der Waals surface area contributed by atoms with E-state index in [1.54, 1.807) is 4.90 Å². The minimum absolute atomic E-state index is 0.0839. The van der Waals surface area contributed by atoms with Crippen LogP contribution >= 0.6 is 11.6 Å². The Morgan fingerprint density at radius 2 is 1.76 bits per heavy atom. The van der Waals surface area contributed by atoms with Crippen molar-refractivity contribution in [1.29, 1.82) is 0 Å². The van der Waals surface area contributed by atoms with E-state index in [4.69, 9.17) is 11.6 Å². The van der Waals surface area contributed by atoms with Crippen molar-refractivity contribution in [1.82, 2.24) is 25.8 Å². The molecule has 2 aliphatic heterocycles. The van der Waals surface area contributed by atoms with Crippen molar-refractivity contribution in [2.45, 2.75) is 37.8 Å². The molecule has 0 spiro atoms. The molecule has 2 heterocycles. The summed E-state index contributed by atoms with van der Waals surface area (Å²) >= 11 is 6.00. The number of hydrogen-bond acceptors (Lipinski definition) is 6. The number of halogens is 2. The first-order valence-corrected chi connectivity index (χ1v) is 11.8. The summed E-state index contributed by atoms with van der Waals surface area (Å²) in [5, 5.41) is 11.9. The van der Waals surface area contributed by atoms with E-state index in [9.17, 15) is 18.8 Å². The Labute approximate surface area is 203 Å². The summed E-state index contributed by atoms with van der Waals surface area (Å²) in [6.07, 6.45) is 2.49. The molecule has 1 aromatic rings. The smallest absolute Gasteiger partial charge is 0.272 e. The van der Waals surface area contributed by atoms with Gasteiger partial charge in [0, 0.05) is 31.1 Å². The van der Waals surface area contributed by atoms with Crippen molar-refractivity contribution in [2.24, 2.45) is 5.92 Å². The Kier molecular flexibility index (Phi) is 7.27.